The highest BCUT2D eigenvalue weighted by Crippen LogP contribution is 2.22. The van der Waals surface area contributed by atoms with Gasteiger partial charge >= 0.3 is 6.09 Å². The summed E-state index contributed by atoms with van der Waals surface area (Å²) in [5, 5.41) is 5.11. The number of benzene rings is 1. The monoisotopic (exact) mass is 411 g/mol. The number of hydrogen-bond donors (Lipinski definition) is 2. The third-order valence-corrected chi connectivity index (χ3v) is 4.99. The largest absolute Gasteiger partial charge is 0.439 e. The van der Waals surface area contributed by atoms with E-state index in [-0.39, 0.29) is 12.5 Å². The molecule has 7 heteroatoms. The predicted octanol–water partition coefficient (Wildman–Crippen LogP) is 2.52. The Morgan fingerprint density at radius 1 is 1.24 bits per heavy atom. The van der Waals surface area contributed by atoms with Gasteiger partial charge in [0, 0.05) is 24.6 Å². The van der Waals surface area contributed by atoms with E-state index in [0.717, 1.165) is 43.4 Å². The van der Waals surface area contributed by atoms with Crippen LogP contribution in [0.4, 0.5) is 4.79 Å². The van der Waals surface area contributed by atoms with Crippen molar-refractivity contribution in [2.75, 3.05) is 33.3 Å². The first-order valence-electron chi connectivity index (χ1n) is 8.65. The Hall–Kier alpha value is -1.60. The molecule has 1 fully saturated rings. The highest BCUT2D eigenvalue weighted by Gasteiger charge is 2.19. The van der Waals surface area contributed by atoms with Crippen molar-refractivity contribution in [1.29, 1.82) is 0 Å². The first-order chi connectivity index (χ1) is 12.1. The highest BCUT2D eigenvalue weighted by atomic mass is 79.9. The van der Waals surface area contributed by atoms with Crippen molar-refractivity contribution in [2.45, 2.75) is 25.8 Å². The van der Waals surface area contributed by atoms with Crippen molar-refractivity contribution in [3.63, 3.8) is 0 Å². The number of rotatable bonds is 7. The highest BCUT2D eigenvalue weighted by molar-refractivity contribution is 9.10. The summed E-state index contributed by atoms with van der Waals surface area (Å²) in [5.41, 5.74) is 1.34. The Morgan fingerprint density at radius 2 is 1.92 bits per heavy atom. The van der Waals surface area contributed by atoms with E-state index in [1.807, 2.05) is 0 Å². The second kappa shape index (κ2) is 10.4. The quantitative estimate of drug-likeness (QED) is 0.722. The number of nitrogens with one attached hydrogen (secondary N) is 2. The Bertz CT molecular complexity index is 557. The molecule has 0 spiro atoms. The van der Waals surface area contributed by atoms with E-state index in [1.54, 1.807) is 0 Å². The fraction of sp³-hybridized carbons (Fsp3) is 0.556. The van der Waals surface area contributed by atoms with Crippen LogP contribution in [0.3, 0.4) is 0 Å². The Labute approximate surface area is 157 Å². The average molecular weight is 412 g/mol. The van der Waals surface area contributed by atoms with Gasteiger partial charge in [-0.15, -0.1) is 0 Å². The summed E-state index contributed by atoms with van der Waals surface area (Å²) in [6.07, 6.45) is 2.70. The summed E-state index contributed by atoms with van der Waals surface area (Å²) in [7, 11) is 1.51. The maximum absolute atomic E-state index is 11.5. The number of carbonyl (C=O) groups excluding carboxylic acids is 2. The molecule has 0 saturated carbocycles. The first-order valence-corrected chi connectivity index (χ1v) is 9.44. The van der Waals surface area contributed by atoms with Gasteiger partial charge in [-0.2, -0.15) is 0 Å². The van der Waals surface area contributed by atoms with Crippen LogP contribution in [0.15, 0.2) is 28.7 Å². The Morgan fingerprint density at radius 3 is 2.56 bits per heavy atom. The SMILES string of the molecule is CNC(=O)COC(=O)NCCC1CCN(Cc2ccc(Br)cc2)CC1. The molecular formula is C18H26BrN3O3. The molecule has 1 aromatic carbocycles. The third-order valence-electron chi connectivity index (χ3n) is 4.46. The topological polar surface area (TPSA) is 70.7 Å². The van der Waals surface area contributed by atoms with Crippen molar-refractivity contribution >= 4 is 27.9 Å². The Balaban J connectivity index is 1.58. The molecule has 0 aliphatic carbocycles. The minimum absolute atomic E-state index is 0.239. The molecule has 6 nitrogen and oxygen atoms in total. The summed E-state index contributed by atoms with van der Waals surface area (Å²) in [6, 6.07) is 8.48. The molecule has 1 aliphatic heterocycles. The van der Waals surface area contributed by atoms with Crippen molar-refractivity contribution in [3.05, 3.63) is 34.3 Å². The minimum atomic E-state index is -0.531. The third kappa shape index (κ3) is 7.44. The van der Waals surface area contributed by atoms with Crippen LogP contribution in [0.2, 0.25) is 0 Å². The normalized spacial score (nSPS) is 15.6. The van der Waals surface area contributed by atoms with Gasteiger partial charge in [0.1, 0.15) is 0 Å². The summed E-state index contributed by atoms with van der Waals surface area (Å²) < 4.78 is 5.91. The molecule has 0 unspecified atom stereocenters. The van der Waals surface area contributed by atoms with Gasteiger partial charge in [0.05, 0.1) is 0 Å². The number of nitrogens with zero attached hydrogens (tertiary/aromatic N) is 1. The lowest BCUT2D eigenvalue weighted by molar-refractivity contribution is -0.123. The van der Waals surface area contributed by atoms with Gasteiger partial charge in [-0.1, -0.05) is 28.1 Å². The van der Waals surface area contributed by atoms with E-state index in [9.17, 15) is 9.59 Å². The van der Waals surface area contributed by atoms with E-state index < -0.39 is 6.09 Å². The Kier molecular flexibility index (Phi) is 8.21. The number of likely N-dealkylation sites (tertiary alicyclic amines) is 1. The van der Waals surface area contributed by atoms with Crippen molar-refractivity contribution in [2.24, 2.45) is 5.92 Å². The molecule has 2 rings (SSSR count). The zero-order valence-corrected chi connectivity index (χ0v) is 16.2. The standard InChI is InChI=1S/C18H26BrN3O3/c1-20-17(23)13-25-18(24)21-9-6-14-7-10-22(11-8-14)12-15-2-4-16(19)5-3-15/h2-5,14H,6-13H2,1H3,(H,20,23)(H,21,24). The lowest BCUT2D eigenvalue weighted by atomic mass is 9.93. The molecule has 25 heavy (non-hydrogen) atoms. The second-order valence-corrected chi connectivity index (χ2v) is 7.23. The summed E-state index contributed by atoms with van der Waals surface area (Å²) in [4.78, 5) is 24.9. The van der Waals surface area contributed by atoms with E-state index in [4.69, 9.17) is 4.74 Å². The van der Waals surface area contributed by atoms with E-state index in [0.29, 0.717) is 12.5 Å². The summed E-state index contributed by atoms with van der Waals surface area (Å²) in [6.45, 7) is 3.51. The lowest BCUT2D eigenvalue weighted by Gasteiger charge is -2.32. The molecule has 0 bridgehead atoms. The van der Waals surface area contributed by atoms with Crippen molar-refractivity contribution < 1.29 is 14.3 Å². The van der Waals surface area contributed by atoms with Crippen molar-refractivity contribution in [3.8, 4) is 0 Å². The molecule has 0 atom stereocenters. The molecular weight excluding hydrogens is 386 g/mol. The van der Waals surface area contributed by atoms with Crippen LogP contribution in [0, 0.1) is 5.92 Å². The molecule has 2 N–H and O–H groups in total. The fourth-order valence-corrected chi connectivity index (χ4v) is 3.18. The predicted molar refractivity (Wildman–Crippen MR) is 100 cm³/mol. The summed E-state index contributed by atoms with van der Waals surface area (Å²) >= 11 is 3.46. The van der Waals surface area contributed by atoms with Crippen LogP contribution < -0.4 is 10.6 Å². The molecule has 1 aromatic rings. The smallest absolute Gasteiger partial charge is 0.407 e. The zero-order chi connectivity index (χ0) is 18.1. The van der Waals surface area contributed by atoms with Crippen LogP contribution in [0.25, 0.3) is 0 Å². The number of carbonyl (C=O) groups is 2. The van der Waals surface area contributed by atoms with Gasteiger partial charge in [-0.05, 0) is 56.0 Å². The van der Waals surface area contributed by atoms with Gasteiger partial charge in [-0.25, -0.2) is 4.79 Å². The van der Waals surface area contributed by atoms with Crippen LogP contribution in [0.5, 0.6) is 0 Å². The number of halogens is 1. The van der Waals surface area contributed by atoms with Crippen molar-refractivity contribution in [1.82, 2.24) is 15.5 Å². The van der Waals surface area contributed by atoms with E-state index >= 15 is 0 Å². The van der Waals surface area contributed by atoms with Crippen LogP contribution in [0.1, 0.15) is 24.8 Å². The number of alkyl carbamates (subject to hydrolysis) is 1. The fourth-order valence-electron chi connectivity index (χ4n) is 2.91. The first kappa shape index (κ1) is 19.7. The van der Waals surface area contributed by atoms with Crippen LogP contribution >= 0.6 is 15.9 Å². The van der Waals surface area contributed by atoms with Gasteiger partial charge in [0.25, 0.3) is 5.91 Å². The van der Waals surface area contributed by atoms with Gasteiger partial charge in [0.15, 0.2) is 6.61 Å². The number of piperidine rings is 1. The number of ether oxygens (including phenoxy) is 1. The average Bonchev–Trinajstić information content (AvgIpc) is 2.63. The molecule has 0 aromatic heterocycles. The number of likely N-dealkylation sites (N-methyl/N-ethyl adjacent to an activating group) is 1. The molecule has 1 aliphatic rings. The van der Waals surface area contributed by atoms with Gasteiger partial charge in [0.2, 0.25) is 0 Å². The molecule has 138 valence electrons. The molecule has 1 saturated heterocycles. The maximum Gasteiger partial charge on any atom is 0.407 e. The maximum atomic E-state index is 11.5. The van der Waals surface area contributed by atoms with Gasteiger partial charge in [-0.3, -0.25) is 9.69 Å². The van der Waals surface area contributed by atoms with E-state index in [2.05, 4.69) is 55.7 Å². The minimum Gasteiger partial charge on any atom is -0.439 e. The second-order valence-electron chi connectivity index (χ2n) is 6.31. The van der Waals surface area contributed by atoms with Crippen LogP contribution in [-0.2, 0) is 16.1 Å². The number of amides is 2. The summed E-state index contributed by atoms with van der Waals surface area (Å²) in [5.74, 6) is 0.314. The zero-order valence-electron chi connectivity index (χ0n) is 14.6. The van der Waals surface area contributed by atoms with Crippen LogP contribution in [-0.4, -0.2) is 50.2 Å². The lowest BCUT2D eigenvalue weighted by Crippen LogP contribution is -2.35. The molecule has 0 radical (unpaired) electrons. The van der Waals surface area contributed by atoms with Gasteiger partial charge < -0.3 is 15.4 Å². The van der Waals surface area contributed by atoms with E-state index in [1.165, 1.54) is 12.6 Å². The molecule has 1 heterocycles. The molecule has 2 amide bonds. The number of hydrogen-bond acceptors (Lipinski definition) is 4.